The molecule has 0 bridgehead atoms. The predicted molar refractivity (Wildman–Crippen MR) is 66.9 cm³/mol. The number of allylic oxidation sites excluding steroid dienone is 6. The Kier molecular flexibility index (Phi) is 12.1. The molecule has 0 saturated carbocycles. The number of hydrogen-bond acceptors (Lipinski definition) is 0. The van der Waals surface area contributed by atoms with Crippen LogP contribution in [-0.4, -0.2) is 5.88 Å². The largest absolute Gasteiger partial charge is 0.127 e. The molecule has 0 atom stereocenters. The zero-order chi connectivity index (χ0) is 10.5. The second kappa shape index (κ2) is 12.5. The molecule has 0 radical (unpaired) electrons. The summed E-state index contributed by atoms with van der Waals surface area (Å²) in [6.07, 6.45) is 18.7. The summed E-state index contributed by atoms with van der Waals surface area (Å²) in [5, 5.41) is 0. The van der Waals surface area contributed by atoms with Gasteiger partial charge in [0.15, 0.2) is 0 Å². The van der Waals surface area contributed by atoms with Crippen LogP contribution in [0.15, 0.2) is 36.5 Å². The fraction of sp³-hybridized carbons (Fsp3) is 0.538. The van der Waals surface area contributed by atoms with Crippen molar-refractivity contribution < 1.29 is 0 Å². The van der Waals surface area contributed by atoms with Crippen LogP contribution in [0.4, 0.5) is 0 Å². The molecule has 0 fully saturated rings. The molecule has 0 heterocycles. The van der Waals surface area contributed by atoms with Crippen molar-refractivity contribution in [3.8, 4) is 0 Å². The van der Waals surface area contributed by atoms with Crippen LogP contribution in [-0.2, 0) is 0 Å². The molecule has 0 aromatic heterocycles. The fourth-order valence-corrected chi connectivity index (χ4v) is 1.31. The van der Waals surface area contributed by atoms with Gasteiger partial charge in [-0.05, 0) is 26.2 Å². The van der Waals surface area contributed by atoms with E-state index in [9.17, 15) is 0 Å². The first-order valence-electron chi connectivity index (χ1n) is 5.42. The van der Waals surface area contributed by atoms with Crippen molar-refractivity contribution in [1.82, 2.24) is 0 Å². The Morgan fingerprint density at radius 3 is 2.29 bits per heavy atom. The van der Waals surface area contributed by atoms with Gasteiger partial charge in [-0.15, -0.1) is 11.6 Å². The Hall–Kier alpha value is -0.490. The smallest absolute Gasteiger partial charge is 0.0223 e. The zero-order valence-electron chi connectivity index (χ0n) is 9.08. The van der Waals surface area contributed by atoms with E-state index in [1.807, 2.05) is 25.2 Å². The highest BCUT2D eigenvalue weighted by atomic mass is 35.5. The van der Waals surface area contributed by atoms with Crippen LogP contribution in [0.5, 0.6) is 0 Å². The molecule has 0 amide bonds. The molecule has 0 aliphatic heterocycles. The Morgan fingerprint density at radius 1 is 0.857 bits per heavy atom. The first-order chi connectivity index (χ1) is 6.91. The predicted octanol–water partition coefficient (Wildman–Crippen LogP) is 4.86. The van der Waals surface area contributed by atoms with Gasteiger partial charge in [-0.2, -0.15) is 0 Å². The van der Waals surface area contributed by atoms with Crippen molar-refractivity contribution in [2.24, 2.45) is 0 Å². The third-order valence-corrected chi connectivity index (χ3v) is 2.18. The molecular weight excluding hydrogens is 192 g/mol. The maximum Gasteiger partial charge on any atom is 0.0223 e. The van der Waals surface area contributed by atoms with Crippen molar-refractivity contribution in [3.05, 3.63) is 36.5 Å². The maximum atomic E-state index is 5.58. The molecule has 14 heavy (non-hydrogen) atoms. The Bertz CT molecular complexity index is 178. The SMILES string of the molecule is CC=CC=CC=CCCCCCCCl. The van der Waals surface area contributed by atoms with Gasteiger partial charge >= 0.3 is 0 Å². The minimum Gasteiger partial charge on any atom is -0.127 e. The highest BCUT2D eigenvalue weighted by Crippen LogP contribution is 2.04. The number of hydrogen-bond donors (Lipinski definition) is 0. The first-order valence-corrected chi connectivity index (χ1v) is 5.95. The van der Waals surface area contributed by atoms with Gasteiger partial charge in [0.25, 0.3) is 0 Å². The molecule has 0 aromatic rings. The van der Waals surface area contributed by atoms with Crippen LogP contribution < -0.4 is 0 Å². The van der Waals surface area contributed by atoms with Crippen molar-refractivity contribution >= 4 is 11.6 Å². The first kappa shape index (κ1) is 13.5. The van der Waals surface area contributed by atoms with Crippen LogP contribution in [0.25, 0.3) is 0 Å². The van der Waals surface area contributed by atoms with E-state index < -0.39 is 0 Å². The lowest BCUT2D eigenvalue weighted by molar-refractivity contribution is 0.677. The second-order valence-corrected chi connectivity index (χ2v) is 3.61. The number of alkyl halides is 1. The second-order valence-electron chi connectivity index (χ2n) is 3.23. The normalized spacial score (nSPS) is 12.4. The van der Waals surface area contributed by atoms with Crippen LogP contribution in [0.2, 0.25) is 0 Å². The van der Waals surface area contributed by atoms with Gasteiger partial charge in [0, 0.05) is 5.88 Å². The highest BCUT2D eigenvalue weighted by Gasteiger charge is 1.86. The van der Waals surface area contributed by atoms with Crippen molar-refractivity contribution in [1.29, 1.82) is 0 Å². The third-order valence-electron chi connectivity index (χ3n) is 1.92. The van der Waals surface area contributed by atoms with E-state index in [0.717, 1.165) is 12.3 Å². The molecule has 0 spiro atoms. The van der Waals surface area contributed by atoms with Gasteiger partial charge in [0.1, 0.15) is 0 Å². The summed E-state index contributed by atoms with van der Waals surface area (Å²) in [5.41, 5.74) is 0. The lowest BCUT2D eigenvalue weighted by Gasteiger charge is -1.94. The molecular formula is C13H21Cl. The summed E-state index contributed by atoms with van der Waals surface area (Å²) >= 11 is 5.58. The van der Waals surface area contributed by atoms with Gasteiger partial charge in [-0.3, -0.25) is 0 Å². The van der Waals surface area contributed by atoms with Crippen LogP contribution in [0.1, 0.15) is 39.0 Å². The highest BCUT2D eigenvalue weighted by molar-refractivity contribution is 6.17. The minimum atomic E-state index is 0.807. The van der Waals surface area contributed by atoms with E-state index in [-0.39, 0.29) is 0 Å². The Balaban J connectivity index is 3.18. The van der Waals surface area contributed by atoms with E-state index in [1.54, 1.807) is 0 Å². The standard InChI is InChI=1S/C13H21Cl/c1-2-3-4-5-6-7-8-9-10-11-12-13-14/h2-7H,8-13H2,1H3. The molecule has 0 rings (SSSR count). The van der Waals surface area contributed by atoms with Gasteiger partial charge < -0.3 is 0 Å². The summed E-state index contributed by atoms with van der Waals surface area (Å²) in [7, 11) is 0. The lowest BCUT2D eigenvalue weighted by Crippen LogP contribution is -1.77. The molecule has 0 N–H and O–H groups in total. The third kappa shape index (κ3) is 11.5. The van der Waals surface area contributed by atoms with E-state index >= 15 is 0 Å². The van der Waals surface area contributed by atoms with Gasteiger partial charge in [0.05, 0.1) is 0 Å². The Labute approximate surface area is 93.4 Å². The topological polar surface area (TPSA) is 0 Å². The molecule has 0 saturated heterocycles. The molecule has 1 heteroatoms. The Morgan fingerprint density at radius 2 is 1.57 bits per heavy atom. The van der Waals surface area contributed by atoms with E-state index in [2.05, 4.69) is 18.2 Å². The van der Waals surface area contributed by atoms with E-state index in [0.29, 0.717) is 0 Å². The molecule has 0 nitrogen and oxygen atoms in total. The van der Waals surface area contributed by atoms with E-state index in [1.165, 1.54) is 25.7 Å². The average molecular weight is 213 g/mol. The number of unbranched alkanes of at least 4 members (excludes halogenated alkanes) is 4. The van der Waals surface area contributed by atoms with E-state index in [4.69, 9.17) is 11.6 Å². The zero-order valence-corrected chi connectivity index (χ0v) is 9.84. The maximum absolute atomic E-state index is 5.58. The van der Waals surface area contributed by atoms with Crippen LogP contribution in [0, 0.1) is 0 Å². The number of rotatable bonds is 8. The summed E-state index contributed by atoms with van der Waals surface area (Å²) < 4.78 is 0. The molecule has 0 unspecified atom stereocenters. The van der Waals surface area contributed by atoms with Crippen LogP contribution >= 0.6 is 11.6 Å². The van der Waals surface area contributed by atoms with Gasteiger partial charge in [0.2, 0.25) is 0 Å². The monoisotopic (exact) mass is 212 g/mol. The van der Waals surface area contributed by atoms with Gasteiger partial charge in [-0.1, -0.05) is 49.3 Å². The summed E-state index contributed by atoms with van der Waals surface area (Å²) in [6.45, 7) is 2.02. The summed E-state index contributed by atoms with van der Waals surface area (Å²) in [5.74, 6) is 0.807. The summed E-state index contributed by atoms with van der Waals surface area (Å²) in [6, 6.07) is 0. The van der Waals surface area contributed by atoms with Crippen molar-refractivity contribution in [2.75, 3.05) is 5.88 Å². The molecule has 0 aromatic carbocycles. The van der Waals surface area contributed by atoms with Crippen molar-refractivity contribution in [2.45, 2.75) is 39.0 Å². The summed E-state index contributed by atoms with van der Waals surface area (Å²) in [4.78, 5) is 0. The molecule has 80 valence electrons. The molecule has 0 aliphatic carbocycles. The fourth-order valence-electron chi connectivity index (χ4n) is 1.12. The number of halogens is 1. The van der Waals surface area contributed by atoms with Crippen molar-refractivity contribution in [3.63, 3.8) is 0 Å². The quantitative estimate of drug-likeness (QED) is 0.306. The van der Waals surface area contributed by atoms with Gasteiger partial charge in [-0.25, -0.2) is 0 Å². The molecule has 0 aliphatic rings. The van der Waals surface area contributed by atoms with Crippen LogP contribution in [0.3, 0.4) is 0 Å². The lowest BCUT2D eigenvalue weighted by atomic mass is 10.1. The minimum absolute atomic E-state index is 0.807. The average Bonchev–Trinajstić information content (AvgIpc) is 2.21.